The molecule has 1 heterocycles. The first-order valence-corrected chi connectivity index (χ1v) is 9.48. The molecule has 26 heavy (non-hydrogen) atoms. The van der Waals surface area contributed by atoms with Crippen LogP contribution in [0.1, 0.15) is 36.8 Å². The molecule has 1 aliphatic carbocycles. The molecule has 0 aromatic heterocycles. The van der Waals surface area contributed by atoms with Crippen LogP contribution in [-0.4, -0.2) is 33.2 Å². The van der Waals surface area contributed by atoms with Gasteiger partial charge >= 0.3 is 0 Å². The standard InChI is InChI=1S/C21H30N2O3/c1-4-7-16-10-15(11-18(25-2)19(16)26-3)12-23-20(24)21-9-6-5-8-17(21)13-22-14-21/h4,10-11,17,22H,1,5-9,12-14H2,2-3H3,(H,23,24)/t17-,21+/m0/s1. The second-order valence-corrected chi connectivity index (χ2v) is 7.40. The van der Waals surface area contributed by atoms with Crippen LogP contribution in [0.15, 0.2) is 24.8 Å². The van der Waals surface area contributed by atoms with Crippen LogP contribution in [0.5, 0.6) is 11.5 Å². The van der Waals surface area contributed by atoms with Gasteiger partial charge in [0.25, 0.3) is 0 Å². The van der Waals surface area contributed by atoms with Crippen molar-refractivity contribution < 1.29 is 14.3 Å². The van der Waals surface area contributed by atoms with Crippen LogP contribution in [-0.2, 0) is 17.8 Å². The van der Waals surface area contributed by atoms with Crippen LogP contribution in [0.2, 0.25) is 0 Å². The van der Waals surface area contributed by atoms with Crippen LogP contribution < -0.4 is 20.1 Å². The quantitative estimate of drug-likeness (QED) is 0.736. The van der Waals surface area contributed by atoms with Gasteiger partial charge in [-0.3, -0.25) is 4.79 Å². The molecule has 2 atom stereocenters. The van der Waals surface area contributed by atoms with Crippen molar-refractivity contribution in [2.24, 2.45) is 11.3 Å². The van der Waals surface area contributed by atoms with Gasteiger partial charge in [0, 0.05) is 18.7 Å². The number of methoxy groups -OCH3 is 2. The minimum Gasteiger partial charge on any atom is -0.493 e. The Morgan fingerprint density at radius 3 is 2.96 bits per heavy atom. The van der Waals surface area contributed by atoms with E-state index in [-0.39, 0.29) is 11.3 Å². The molecule has 142 valence electrons. The minimum absolute atomic E-state index is 0.187. The first kappa shape index (κ1) is 18.8. The Labute approximate surface area is 156 Å². The third-order valence-electron chi connectivity index (χ3n) is 5.92. The van der Waals surface area contributed by atoms with E-state index in [1.54, 1.807) is 14.2 Å². The number of hydrogen-bond acceptors (Lipinski definition) is 4. The highest BCUT2D eigenvalue weighted by Crippen LogP contribution is 2.44. The van der Waals surface area contributed by atoms with Crippen LogP contribution in [0.3, 0.4) is 0 Å². The van der Waals surface area contributed by atoms with Crippen molar-refractivity contribution in [3.8, 4) is 11.5 Å². The van der Waals surface area contributed by atoms with Crippen molar-refractivity contribution >= 4 is 5.91 Å². The average Bonchev–Trinajstić information content (AvgIpc) is 3.11. The lowest BCUT2D eigenvalue weighted by molar-refractivity contribution is -0.134. The normalized spacial score (nSPS) is 24.6. The van der Waals surface area contributed by atoms with E-state index in [1.807, 2.05) is 12.1 Å². The van der Waals surface area contributed by atoms with Crippen molar-refractivity contribution in [2.45, 2.75) is 38.6 Å². The fourth-order valence-corrected chi connectivity index (χ4v) is 4.56. The maximum absolute atomic E-state index is 13.0. The number of amides is 1. The van der Waals surface area contributed by atoms with E-state index < -0.39 is 0 Å². The van der Waals surface area contributed by atoms with Crippen molar-refractivity contribution in [3.63, 3.8) is 0 Å². The number of rotatable bonds is 7. The lowest BCUT2D eigenvalue weighted by atomic mass is 9.67. The average molecular weight is 358 g/mol. The maximum atomic E-state index is 13.0. The number of nitrogens with one attached hydrogen (secondary N) is 2. The first-order chi connectivity index (χ1) is 12.6. The highest BCUT2D eigenvalue weighted by molar-refractivity contribution is 5.84. The molecule has 2 fully saturated rings. The molecular formula is C21H30N2O3. The van der Waals surface area contributed by atoms with E-state index in [2.05, 4.69) is 23.3 Å². The molecule has 5 heteroatoms. The third kappa shape index (κ3) is 3.45. The molecule has 1 saturated heterocycles. The molecule has 1 aromatic rings. The van der Waals surface area contributed by atoms with Gasteiger partial charge in [0.2, 0.25) is 5.91 Å². The van der Waals surface area contributed by atoms with E-state index in [4.69, 9.17) is 9.47 Å². The molecule has 1 aliphatic heterocycles. The zero-order valence-corrected chi connectivity index (χ0v) is 15.9. The predicted octanol–water partition coefficient (Wildman–Crippen LogP) is 2.83. The highest BCUT2D eigenvalue weighted by atomic mass is 16.5. The molecular weight excluding hydrogens is 328 g/mol. The summed E-state index contributed by atoms with van der Waals surface area (Å²) in [5.74, 6) is 2.07. The van der Waals surface area contributed by atoms with Crippen molar-refractivity contribution in [1.82, 2.24) is 10.6 Å². The van der Waals surface area contributed by atoms with Gasteiger partial charge in [-0.25, -0.2) is 0 Å². The Bertz CT molecular complexity index is 673. The van der Waals surface area contributed by atoms with E-state index in [9.17, 15) is 4.79 Å². The lowest BCUT2D eigenvalue weighted by Gasteiger charge is -2.37. The Balaban J connectivity index is 1.75. The van der Waals surface area contributed by atoms with Gasteiger partial charge in [0.05, 0.1) is 19.6 Å². The summed E-state index contributed by atoms with van der Waals surface area (Å²) in [5.41, 5.74) is 1.81. The first-order valence-electron chi connectivity index (χ1n) is 9.48. The highest BCUT2D eigenvalue weighted by Gasteiger charge is 2.49. The number of ether oxygens (including phenoxy) is 2. The number of carbonyl (C=O) groups excluding carboxylic acids is 1. The number of benzene rings is 1. The van der Waals surface area contributed by atoms with E-state index in [0.29, 0.717) is 24.6 Å². The van der Waals surface area contributed by atoms with Gasteiger partial charge in [-0.05, 0) is 49.4 Å². The zero-order chi connectivity index (χ0) is 18.6. The summed E-state index contributed by atoms with van der Waals surface area (Å²) in [6, 6.07) is 4.00. The Morgan fingerprint density at radius 2 is 2.23 bits per heavy atom. The van der Waals surface area contributed by atoms with Crippen LogP contribution in [0, 0.1) is 11.3 Å². The van der Waals surface area contributed by atoms with Crippen LogP contribution in [0.4, 0.5) is 0 Å². The summed E-state index contributed by atoms with van der Waals surface area (Å²) in [5, 5.41) is 6.62. The molecule has 2 aliphatic rings. The number of fused-ring (bicyclic) bond motifs is 1. The van der Waals surface area contributed by atoms with Gasteiger partial charge < -0.3 is 20.1 Å². The molecule has 2 N–H and O–H groups in total. The van der Waals surface area contributed by atoms with E-state index in [0.717, 1.165) is 49.2 Å². The van der Waals surface area contributed by atoms with E-state index in [1.165, 1.54) is 6.42 Å². The largest absolute Gasteiger partial charge is 0.493 e. The lowest BCUT2D eigenvalue weighted by Crippen LogP contribution is -2.47. The van der Waals surface area contributed by atoms with E-state index >= 15 is 0 Å². The fourth-order valence-electron chi connectivity index (χ4n) is 4.56. The summed E-state index contributed by atoms with van der Waals surface area (Å²) >= 11 is 0. The summed E-state index contributed by atoms with van der Waals surface area (Å²) in [6.07, 6.45) is 7.06. The van der Waals surface area contributed by atoms with Gasteiger partial charge in [-0.2, -0.15) is 0 Å². The SMILES string of the molecule is C=CCc1cc(CNC(=O)[C@@]23CCCC[C@H]2CNC3)cc(OC)c1OC. The van der Waals surface area contributed by atoms with Gasteiger partial charge in [0.15, 0.2) is 11.5 Å². The fraction of sp³-hybridized carbons (Fsp3) is 0.571. The molecule has 5 nitrogen and oxygen atoms in total. The van der Waals surface area contributed by atoms with Crippen LogP contribution in [0.25, 0.3) is 0 Å². The Kier molecular flexibility index (Phi) is 5.87. The summed E-state index contributed by atoms with van der Waals surface area (Å²) < 4.78 is 11.0. The molecule has 3 rings (SSSR count). The zero-order valence-electron chi connectivity index (χ0n) is 15.9. The molecule has 0 spiro atoms. The molecule has 0 unspecified atom stereocenters. The van der Waals surface area contributed by atoms with Gasteiger partial charge in [0.1, 0.15) is 0 Å². The molecule has 1 saturated carbocycles. The summed E-state index contributed by atoms with van der Waals surface area (Å²) in [7, 11) is 3.27. The van der Waals surface area contributed by atoms with Gasteiger partial charge in [-0.15, -0.1) is 6.58 Å². The number of carbonyl (C=O) groups is 1. The molecule has 0 radical (unpaired) electrons. The second kappa shape index (κ2) is 8.12. The van der Waals surface area contributed by atoms with Gasteiger partial charge in [-0.1, -0.05) is 18.9 Å². The molecule has 1 amide bonds. The third-order valence-corrected chi connectivity index (χ3v) is 5.92. The molecule has 1 aromatic carbocycles. The number of allylic oxidation sites excluding steroid dienone is 1. The predicted molar refractivity (Wildman–Crippen MR) is 103 cm³/mol. The van der Waals surface area contributed by atoms with Crippen molar-refractivity contribution in [3.05, 3.63) is 35.9 Å². The van der Waals surface area contributed by atoms with Crippen molar-refractivity contribution in [1.29, 1.82) is 0 Å². The minimum atomic E-state index is -0.223. The topological polar surface area (TPSA) is 59.6 Å². The second-order valence-electron chi connectivity index (χ2n) is 7.40. The number of hydrogen-bond donors (Lipinski definition) is 2. The Morgan fingerprint density at radius 1 is 1.38 bits per heavy atom. The maximum Gasteiger partial charge on any atom is 0.228 e. The van der Waals surface area contributed by atoms with Crippen LogP contribution >= 0.6 is 0 Å². The Hall–Kier alpha value is -2.01. The van der Waals surface area contributed by atoms with Crippen molar-refractivity contribution in [2.75, 3.05) is 27.3 Å². The summed E-state index contributed by atoms with van der Waals surface area (Å²) in [6.45, 7) is 6.08. The monoisotopic (exact) mass is 358 g/mol. The summed E-state index contributed by atoms with van der Waals surface area (Å²) in [4.78, 5) is 13.0. The molecule has 0 bridgehead atoms. The smallest absolute Gasteiger partial charge is 0.228 e.